The molecule has 1 unspecified atom stereocenters. The molecule has 3 heterocycles. The van der Waals surface area contributed by atoms with Crippen molar-refractivity contribution >= 4 is 16.9 Å². The van der Waals surface area contributed by atoms with Gasteiger partial charge < -0.3 is 4.90 Å². The monoisotopic (exact) mass is 394 g/mol. The van der Waals surface area contributed by atoms with Crippen LogP contribution in [0.4, 0.5) is 13.2 Å². The Labute approximate surface area is 157 Å². The molecule has 1 aromatic carbocycles. The number of benzene rings is 1. The quantitative estimate of drug-likeness (QED) is 0.678. The second-order valence-corrected chi connectivity index (χ2v) is 6.84. The Bertz CT molecular complexity index is 1010. The van der Waals surface area contributed by atoms with Crippen LogP contribution in [0.1, 0.15) is 35.8 Å². The van der Waals surface area contributed by atoms with E-state index in [4.69, 9.17) is 0 Å². The van der Waals surface area contributed by atoms with Crippen molar-refractivity contribution in [1.29, 1.82) is 0 Å². The van der Waals surface area contributed by atoms with Crippen LogP contribution < -0.4 is 0 Å². The number of hydrogen-bond acceptors (Lipinski definition) is 6. The SMILES string of the molecule is Cc1nonc1CC(=O)N1CCCC(n2nnc3cc(C(F)(F)F)ccc32)C1. The van der Waals surface area contributed by atoms with E-state index in [2.05, 4.69) is 25.3 Å². The van der Waals surface area contributed by atoms with Crippen LogP contribution in [0.2, 0.25) is 0 Å². The molecule has 11 heteroatoms. The predicted molar refractivity (Wildman–Crippen MR) is 90.1 cm³/mol. The van der Waals surface area contributed by atoms with Crippen molar-refractivity contribution in [3.63, 3.8) is 0 Å². The zero-order chi connectivity index (χ0) is 19.9. The second-order valence-electron chi connectivity index (χ2n) is 6.84. The molecule has 0 aliphatic carbocycles. The minimum atomic E-state index is -4.43. The van der Waals surface area contributed by atoms with Crippen LogP contribution in [0.3, 0.4) is 0 Å². The Morgan fingerprint density at radius 1 is 1.32 bits per heavy atom. The number of alkyl halides is 3. The van der Waals surface area contributed by atoms with Crippen LogP contribution in [0.15, 0.2) is 22.8 Å². The maximum Gasteiger partial charge on any atom is 0.416 e. The van der Waals surface area contributed by atoms with E-state index in [1.165, 1.54) is 6.07 Å². The summed E-state index contributed by atoms with van der Waals surface area (Å²) in [5, 5.41) is 15.3. The zero-order valence-corrected chi connectivity index (χ0v) is 15.0. The number of rotatable bonds is 3. The molecule has 2 aromatic heterocycles. The van der Waals surface area contributed by atoms with Crippen LogP contribution in [-0.4, -0.2) is 49.2 Å². The molecule has 4 rings (SSSR count). The van der Waals surface area contributed by atoms with Crippen LogP contribution in [0.5, 0.6) is 0 Å². The molecule has 0 bridgehead atoms. The lowest BCUT2D eigenvalue weighted by Gasteiger charge is -2.32. The van der Waals surface area contributed by atoms with Gasteiger partial charge in [0.05, 0.1) is 23.5 Å². The lowest BCUT2D eigenvalue weighted by molar-refractivity contribution is -0.137. The Kier molecular flexibility index (Phi) is 4.52. The van der Waals surface area contributed by atoms with E-state index < -0.39 is 11.7 Å². The van der Waals surface area contributed by atoms with Crippen molar-refractivity contribution in [2.45, 2.75) is 38.4 Å². The highest BCUT2D eigenvalue weighted by Gasteiger charge is 2.32. The first kappa shape index (κ1) is 18.4. The fourth-order valence-corrected chi connectivity index (χ4v) is 3.43. The smallest absolute Gasteiger partial charge is 0.340 e. The highest BCUT2D eigenvalue weighted by molar-refractivity contribution is 5.79. The van der Waals surface area contributed by atoms with Gasteiger partial charge in [-0.3, -0.25) is 4.79 Å². The highest BCUT2D eigenvalue weighted by atomic mass is 19.4. The molecule has 0 spiro atoms. The zero-order valence-electron chi connectivity index (χ0n) is 15.0. The van der Waals surface area contributed by atoms with Crippen molar-refractivity contribution < 1.29 is 22.6 Å². The molecule has 1 atom stereocenters. The van der Waals surface area contributed by atoms with Gasteiger partial charge in [0.25, 0.3) is 0 Å². The summed E-state index contributed by atoms with van der Waals surface area (Å²) in [4.78, 5) is 14.3. The third-order valence-corrected chi connectivity index (χ3v) is 4.96. The molecule has 3 aromatic rings. The minimum absolute atomic E-state index is 0.0924. The summed E-state index contributed by atoms with van der Waals surface area (Å²) in [6.07, 6.45) is -2.82. The first-order valence-corrected chi connectivity index (χ1v) is 8.81. The van der Waals surface area contributed by atoms with Crippen molar-refractivity contribution in [2.75, 3.05) is 13.1 Å². The normalized spacial score (nSPS) is 18.0. The van der Waals surface area contributed by atoms with Gasteiger partial charge in [-0.2, -0.15) is 13.2 Å². The summed E-state index contributed by atoms with van der Waals surface area (Å²) in [6, 6.07) is 3.23. The minimum Gasteiger partial charge on any atom is -0.340 e. The van der Waals surface area contributed by atoms with Crippen LogP contribution in [0.25, 0.3) is 11.0 Å². The molecular weight excluding hydrogens is 377 g/mol. The average molecular weight is 394 g/mol. The number of likely N-dealkylation sites (tertiary alicyclic amines) is 1. The first-order chi connectivity index (χ1) is 13.3. The largest absolute Gasteiger partial charge is 0.416 e. The number of aromatic nitrogens is 5. The van der Waals surface area contributed by atoms with Gasteiger partial charge in [0.2, 0.25) is 5.91 Å². The molecular formula is C17H17F3N6O2. The molecule has 1 aliphatic rings. The first-order valence-electron chi connectivity index (χ1n) is 8.81. The molecule has 28 heavy (non-hydrogen) atoms. The predicted octanol–water partition coefficient (Wildman–Crippen LogP) is 2.55. The van der Waals surface area contributed by atoms with Gasteiger partial charge >= 0.3 is 6.18 Å². The summed E-state index contributed by atoms with van der Waals surface area (Å²) in [5.74, 6) is -0.104. The number of carbonyl (C=O) groups is 1. The van der Waals surface area contributed by atoms with Gasteiger partial charge in [0, 0.05) is 13.1 Å². The van der Waals surface area contributed by atoms with Crippen molar-refractivity contribution in [2.24, 2.45) is 0 Å². The van der Waals surface area contributed by atoms with Crippen molar-refractivity contribution in [3.8, 4) is 0 Å². The lowest BCUT2D eigenvalue weighted by atomic mass is 10.0. The van der Waals surface area contributed by atoms with Crippen LogP contribution in [-0.2, 0) is 17.4 Å². The van der Waals surface area contributed by atoms with Gasteiger partial charge in [-0.25, -0.2) is 9.31 Å². The molecule has 0 radical (unpaired) electrons. The Balaban J connectivity index is 1.53. The number of nitrogens with zero attached hydrogens (tertiary/aromatic N) is 6. The summed E-state index contributed by atoms with van der Waals surface area (Å²) in [6.45, 7) is 2.72. The van der Waals surface area contributed by atoms with Crippen LogP contribution >= 0.6 is 0 Å². The third-order valence-electron chi connectivity index (χ3n) is 4.96. The second kappa shape index (κ2) is 6.88. The number of hydrogen-bond donors (Lipinski definition) is 0. The summed E-state index contributed by atoms with van der Waals surface area (Å²) >= 11 is 0. The fraction of sp³-hybridized carbons (Fsp3) is 0.471. The Morgan fingerprint density at radius 3 is 2.86 bits per heavy atom. The van der Waals surface area contributed by atoms with Crippen molar-refractivity contribution in [3.05, 3.63) is 35.2 Å². The third kappa shape index (κ3) is 3.43. The molecule has 0 N–H and O–H groups in total. The summed E-state index contributed by atoms with van der Waals surface area (Å²) < 4.78 is 44.9. The van der Waals surface area contributed by atoms with Gasteiger partial charge in [-0.05, 0) is 38.0 Å². The Hall–Kier alpha value is -2.98. The molecule has 1 aliphatic heterocycles. The molecule has 1 saturated heterocycles. The standard InChI is InChI=1S/C17H17F3N6O2/c1-10-13(23-28-22-10)8-16(27)25-6-2-3-12(9-25)26-15-5-4-11(17(18,19)20)7-14(15)21-24-26/h4-5,7,12H,2-3,6,8-9H2,1H3. The van der Waals surface area contributed by atoms with Gasteiger partial charge in [-0.1, -0.05) is 15.5 Å². The van der Waals surface area contributed by atoms with Gasteiger partial charge in [-0.15, -0.1) is 5.10 Å². The lowest BCUT2D eigenvalue weighted by Crippen LogP contribution is -2.41. The number of amides is 1. The van der Waals surface area contributed by atoms with E-state index in [-0.39, 0.29) is 23.9 Å². The van der Waals surface area contributed by atoms with E-state index in [0.717, 1.165) is 25.0 Å². The van der Waals surface area contributed by atoms with E-state index in [0.29, 0.717) is 30.0 Å². The number of piperidine rings is 1. The highest BCUT2D eigenvalue weighted by Crippen LogP contribution is 2.32. The molecule has 8 nitrogen and oxygen atoms in total. The molecule has 1 amide bonds. The van der Waals surface area contributed by atoms with Gasteiger partial charge in [0.1, 0.15) is 16.9 Å². The number of fused-ring (bicyclic) bond motifs is 1. The summed E-state index contributed by atoms with van der Waals surface area (Å²) in [5.41, 5.74) is 1.01. The number of aryl methyl sites for hydroxylation is 1. The maximum atomic E-state index is 12.9. The van der Waals surface area contributed by atoms with E-state index in [9.17, 15) is 18.0 Å². The van der Waals surface area contributed by atoms with Gasteiger partial charge in [0.15, 0.2) is 0 Å². The maximum absolute atomic E-state index is 12.9. The van der Waals surface area contributed by atoms with E-state index in [1.807, 2.05) is 0 Å². The van der Waals surface area contributed by atoms with E-state index in [1.54, 1.807) is 16.5 Å². The Morgan fingerprint density at radius 2 is 2.14 bits per heavy atom. The molecule has 1 fully saturated rings. The summed E-state index contributed by atoms with van der Waals surface area (Å²) in [7, 11) is 0. The number of carbonyl (C=O) groups excluding carboxylic acids is 1. The van der Waals surface area contributed by atoms with E-state index >= 15 is 0 Å². The fourth-order valence-electron chi connectivity index (χ4n) is 3.43. The molecule has 0 saturated carbocycles. The van der Waals surface area contributed by atoms with Crippen molar-refractivity contribution in [1.82, 2.24) is 30.2 Å². The number of halogens is 3. The van der Waals surface area contributed by atoms with Crippen LogP contribution in [0, 0.1) is 6.92 Å². The molecule has 148 valence electrons. The average Bonchev–Trinajstić information content (AvgIpc) is 3.27. The topological polar surface area (TPSA) is 89.9 Å².